The third-order valence-electron chi connectivity index (χ3n) is 3.55. The number of benzene rings is 2. The largest absolute Gasteiger partial charge is 0.497 e. The predicted octanol–water partition coefficient (Wildman–Crippen LogP) is 3.68. The van der Waals surface area contributed by atoms with Gasteiger partial charge in [0, 0.05) is 11.6 Å². The van der Waals surface area contributed by atoms with Crippen LogP contribution in [0.4, 0.5) is 5.88 Å². The molecule has 0 aliphatic rings. The van der Waals surface area contributed by atoms with Crippen molar-refractivity contribution in [3.05, 3.63) is 60.2 Å². The van der Waals surface area contributed by atoms with E-state index in [1.54, 1.807) is 37.4 Å². The van der Waals surface area contributed by atoms with Crippen molar-refractivity contribution < 1.29 is 18.8 Å². The minimum Gasteiger partial charge on any atom is -0.497 e. The molecule has 3 aromatic rings. The Morgan fingerprint density at radius 3 is 2.44 bits per heavy atom. The monoisotopic (exact) mass is 338 g/mol. The summed E-state index contributed by atoms with van der Waals surface area (Å²) in [6, 6.07) is 16.5. The highest BCUT2D eigenvalue weighted by atomic mass is 16.5. The van der Waals surface area contributed by atoms with Gasteiger partial charge in [-0.2, -0.15) is 0 Å². The van der Waals surface area contributed by atoms with Gasteiger partial charge in [0.25, 0.3) is 5.91 Å². The molecule has 128 valence electrons. The summed E-state index contributed by atoms with van der Waals surface area (Å²) in [5, 5.41) is 6.58. The lowest BCUT2D eigenvalue weighted by molar-refractivity contribution is -0.118. The number of aromatic nitrogens is 1. The van der Waals surface area contributed by atoms with Crippen molar-refractivity contribution in [1.29, 1.82) is 0 Å². The zero-order valence-electron chi connectivity index (χ0n) is 14.0. The molecule has 0 saturated carbocycles. The van der Waals surface area contributed by atoms with E-state index in [9.17, 15) is 4.79 Å². The lowest BCUT2D eigenvalue weighted by Gasteiger charge is -2.06. The quantitative estimate of drug-likeness (QED) is 0.742. The van der Waals surface area contributed by atoms with Crippen LogP contribution in [0.1, 0.15) is 5.56 Å². The number of amides is 1. The third-order valence-corrected chi connectivity index (χ3v) is 3.55. The van der Waals surface area contributed by atoms with Gasteiger partial charge in [0.2, 0.25) is 5.88 Å². The molecule has 1 amide bonds. The first-order chi connectivity index (χ1) is 12.1. The lowest BCUT2D eigenvalue weighted by atomic mass is 10.1. The molecule has 0 fully saturated rings. The number of anilines is 1. The van der Waals surface area contributed by atoms with Gasteiger partial charge in [-0.3, -0.25) is 10.1 Å². The van der Waals surface area contributed by atoms with E-state index in [4.69, 9.17) is 14.0 Å². The van der Waals surface area contributed by atoms with Crippen LogP contribution in [0.2, 0.25) is 0 Å². The maximum absolute atomic E-state index is 12.0. The van der Waals surface area contributed by atoms with Gasteiger partial charge in [-0.05, 0) is 31.2 Å². The molecule has 0 aliphatic heterocycles. The van der Waals surface area contributed by atoms with Crippen molar-refractivity contribution in [2.45, 2.75) is 6.92 Å². The first-order valence-electron chi connectivity index (χ1n) is 7.74. The number of carbonyl (C=O) groups is 1. The maximum atomic E-state index is 12.0. The zero-order chi connectivity index (χ0) is 17.6. The molecule has 0 radical (unpaired) electrons. The van der Waals surface area contributed by atoms with Crippen molar-refractivity contribution in [2.75, 3.05) is 19.0 Å². The molecule has 6 nitrogen and oxygen atoms in total. The van der Waals surface area contributed by atoms with E-state index in [0.29, 0.717) is 11.4 Å². The topological polar surface area (TPSA) is 73.6 Å². The van der Waals surface area contributed by atoms with E-state index in [1.807, 2.05) is 31.2 Å². The van der Waals surface area contributed by atoms with Crippen molar-refractivity contribution in [2.24, 2.45) is 0 Å². The predicted molar refractivity (Wildman–Crippen MR) is 93.8 cm³/mol. The standard InChI is InChI=1S/C19H18N2O4/c1-13-3-5-14(6-4-13)17-11-19(25-21-17)20-18(22)12-24-16-9-7-15(23-2)8-10-16/h3-11H,12H2,1-2H3,(H,20,22). The number of carbonyl (C=O) groups excluding carboxylic acids is 1. The van der Waals surface area contributed by atoms with Gasteiger partial charge in [-0.25, -0.2) is 0 Å². The molecule has 1 aromatic heterocycles. The highest BCUT2D eigenvalue weighted by Gasteiger charge is 2.10. The van der Waals surface area contributed by atoms with Crippen LogP contribution in [0.5, 0.6) is 11.5 Å². The molecule has 0 saturated heterocycles. The normalized spacial score (nSPS) is 10.3. The van der Waals surface area contributed by atoms with Crippen molar-refractivity contribution >= 4 is 11.8 Å². The molecular weight excluding hydrogens is 320 g/mol. The number of methoxy groups -OCH3 is 1. The molecule has 0 unspecified atom stereocenters. The summed E-state index contributed by atoms with van der Waals surface area (Å²) in [6.45, 7) is 1.88. The number of hydrogen-bond acceptors (Lipinski definition) is 5. The Morgan fingerprint density at radius 2 is 1.76 bits per heavy atom. The van der Waals surface area contributed by atoms with E-state index in [0.717, 1.165) is 16.9 Å². The van der Waals surface area contributed by atoms with Crippen LogP contribution in [0.3, 0.4) is 0 Å². The molecule has 0 atom stereocenters. The maximum Gasteiger partial charge on any atom is 0.264 e. The summed E-state index contributed by atoms with van der Waals surface area (Å²) in [5.41, 5.74) is 2.74. The van der Waals surface area contributed by atoms with E-state index in [1.165, 1.54) is 0 Å². The molecule has 1 N–H and O–H groups in total. The van der Waals surface area contributed by atoms with E-state index >= 15 is 0 Å². The molecule has 2 aromatic carbocycles. The summed E-state index contributed by atoms with van der Waals surface area (Å²) >= 11 is 0. The van der Waals surface area contributed by atoms with Crippen LogP contribution < -0.4 is 14.8 Å². The molecular formula is C19H18N2O4. The number of nitrogens with zero attached hydrogens (tertiary/aromatic N) is 1. The second kappa shape index (κ2) is 7.53. The molecule has 0 aliphatic carbocycles. The van der Waals surface area contributed by atoms with Gasteiger partial charge < -0.3 is 14.0 Å². The molecule has 0 bridgehead atoms. The first-order valence-corrected chi connectivity index (χ1v) is 7.74. The van der Waals surface area contributed by atoms with Crippen LogP contribution in [-0.2, 0) is 4.79 Å². The van der Waals surface area contributed by atoms with Crippen molar-refractivity contribution in [3.63, 3.8) is 0 Å². The number of rotatable bonds is 6. The number of nitrogens with one attached hydrogen (secondary N) is 1. The van der Waals surface area contributed by atoms with Crippen LogP contribution in [-0.4, -0.2) is 24.8 Å². The van der Waals surface area contributed by atoms with Crippen molar-refractivity contribution in [3.8, 4) is 22.8 Å². The molecule has 1 heterocycles. The van der Waals surface area contributed by atoms with E-state index in [2.05, 4.69) is 10.5 Å². The minimum absolute atomic E-state index is 0.132. The van der Waals surface area contributed by atoms with Crippen LogP contribution >= 0.6 is 0 Å². The Kier molecular flexibility index (Phi) is 4.99. The van der Waals surface area contributed by atoms with Crippen LogP contribution in [0.25, 0.3) is 11.3 Å². The fraction of sp³-hybridized carbons (Fsp3) is 0.158. The van der Waals surface area contributed by atoms with Crippen LogP contribution in [0.15, 0.2) is 59.1 Å². The Morgan fingerprint density at radius 1 is 1.08 bits per heavy atom. The van der Waals surface area contributed by atoms with Gasteiger partial charge in [0.1, 0.15) is 17.2 Å². The minimum atomic E-state index is -0.331. The first kappa shape index (κ1) is 16.6. The third kappa shape index (κ3) is 4.38. The Bertz CT molecular complexity index is 839. The number of hydrogen-bond donors (Lipinski definition) is 1. The fourth-order valence-electron chi connectivity index (χ4n) is 2.19. The summed E-state index contributed by atoms with van der Waals surface area (Å²) < 4.78 is 15.6. The van der Waals surface area contributed by atoms with E-state index in [-0.39, 0.29) is 18.4 Å². The second-order valence-corrected chi connectivity index (χ2v) is 5.45. The summed E-state index contributed by atoms with van der Waals surface area (Å²) in [4.78, 5) is 12.0. The SMILES string of the molecule is COc1ccc(OCC(=O)Nc2cc(-c3ccc(C)cc3)no2)cc1. The molecule has 25 heavy (non-hydrogen) atoms. The zero-order valence-corrected chi connectivity index (χ0v) is 14.0. The Balaban J connectivity index is 1.55. The van der Waals surface area contributed by atoms with Gasteiger partial charge >= 0.3 is 0 Å². The molecule has 0 spiro atoms. The van der Waals surface area contributed by atoms with E-state index < -0.39 is 0 Å². The Labute approximate surface area is 145 Å². The second-order valence-electron chi connectivity index (χ2n) is 5.45. The molecule has 6 heteroatoms. The molecule has 3 rings (SSSR count). The summed E-state index contributed by atoms with van der Waals surface area (Å²) in [7, 11) is 1.59. The fourth-order valence-corrected chi connectivity index (χ4v) is 2.19. The Hall–Kier alpha value is -3.28. The average Bonchev–Trinajstić information content (AvgIpc) is 3.09. The van der Waals surface area contributed by atoms with Gasteiger partial charge in [-0.1, -0.05) is 35.0 Å². The lowest BCUT2D eigenvalue weighted by Crippen LogP contribution is -2.19. The van der Waals surface area contributed by atoms with Crippen molar-refractivity contribution in [1.82, 2.24) is 5.16 Å². The number of aryl methyl sites for hydroxylation is 1. The van der Waals surface area contributed by atoms with Gasteiger partial charge in [-0.15, -0.1) is 0 Å². The highest BCUT2D eigenvalue weighted by molar-refractivity contribution is 5.91. The highest BCUT2D eigenvalue weighted by Crippen LogP contribution is 2.22. The summed E-state index contributed by atoms with van der Waals surface area (Å²) in [5.74, 6) is 1.25. The summed E-state index contributed by atoms with van der Waals surface area (Å²) in [6.07, 6.45) is 0. The van der Waals surface area contributed by atoms with Gasteiger partial charge in [0.15, 0.2) is 6.61 Å². The number of ether oxygens (including phenoxy) is 2. The smallest absolute Gasteiger partial charge is 0.264 e. The average molecular weight is 338 g/mol. The van der Waals surface area contributed by atoms with Gasteiger partial charge in [0.05, 0.1) is 7.11 Å². The van der Waals surface area contributed by atoms with Crippen LogP contribution in [0, 0.1) is 6.92 Å².